The molecule has 0 heterocycles. The lowest BCUT2D eigenvalue weighted by Gasteiger charge is -2.10. The minimum atomic E-state index is -0.0142. The molecule has 98 valence electrons. The molecule has 0 aliphatic carbocycles. The Balaban J connectivity index is 2.28. The Bertz CT molecular complexity index is 633. The molecule has 0 unspecified atom stereocenters. The summed E-state index contributed by atoms with van der Waals surface area (Å²) in [5.41, 5.74) is 2.96. The lowest BCUT2D eigenvalue weighted by molar-refractivity contribution is 0.101. The number of ketones is 1. The van der Waals surface area contributed by atoms with Crippen molar-refractivity contribution in [2.45, 2.75) is 20.8 Å². The molecular formula is C16H15ClO2. The van der Waals surface area contributed by atoms with Gasteiger partial charge in [0.15, 0.2) is 5.78 Å². The van der Waals surface area contributed by atoms with Gasteiger partial charge in [-0.2, -0.15) is 0 Å². The van der Waals surface area contributed by atoms with Gasteiger partial charge in [0.05, 0.1) is 5.02 Å². The van der Waals surface area contributed by atoms with Crippen LogP contribution in [0.1, 0.15) is 28.4 Å². The van der Waals surface area contributed by atoms with Gasteiger partial charge in [0.25, 0.3) is 0 Å². The minimum Gasteiger partial charge on any atom is -0.456 e. The van der Waals surface area contributed by atoms with Crippen molar-refractivity contribution in [3.63, 3.8) is 0 Å². The second-order valence-corrected chi connectivity index (χ2v) is 4.96. The van der Waals surface area contributed by atoms with Crippen LogP contribution in [0, 0.1) is 13.8 Å². The molecule has 0 radical (unpaired) electrons. The van der Waals surface area contributed by atoms with Crippen molar-refractivity contribution in [2.24, 2.45) is 0 Å². The Kier molecular flexibility index (Phi) is 3.91. The Morgan fingerprint density at radius 1 is 1.05 bits per heavy atom. The summed E-state index contributed by atoms with van der Waals surface area (Å²) in [6, 6.07) is 10.9. The number of rotatable bonds is 3. The molecule has 0 spiro atoms. The van der Waals surface area contributed by atoms with E-state index >= 15 is 0 Å². The van der Waals surface area contributed by atoms with E-state index in [-0.39, 0.29) is 5.78 Å². The van der Waals surface area contributed by atoms with Gasteiger partial charge in [0.1, 0.15) is 11.5 Å². The first-order valence-corrected chi connectivity index (χ1v) is 6.41. The zero-order valence-electron chi connectivity index (χ0n) is 11.2. The molecule has 2 aromatic rings. The minimum absolute atomic E-state index is 0.0142. The topological polar surface area (TPSA) is 26.3 Å². The predicted octanol–water partition coefficient (Wildman–Crippen LogP) is 4.95. The lowest BCUT2D eigenvalue weighted by Crippen LogP contribution is -1.93. The van der Waals surface area contributed by atoms with Crippen LogP contribution in [0.4, 0.5) is 0 Å². The number of Topliss-reactive ketones (excluding diaryl/α,β-unsaturated/α-hetero) is 1. The molecule has 0 bridgehead atoms. The summed E-state index contributed by atoms with van der Waals surface area (Å²) in [6.07, 6.45) is 0. The molecule has 0 amide bonds. The molecule has 0 aromatic heterocycles. The molecule has 2 nitrogen and oxygen atoms in total. The molecule has 19 heavy (non-hydrogen) atoms. The first-order chi connectivity index (χ1) is 8.97. The second kappa shape index (κ2) is 5.45. The molecule has 0 saturated heterocycles. The first kappa shape index (κ1) is 13.6. The fourth-order valence-electron chi connectivity index (χ4n) is 1.71. The molecule has 0 aliphatic rings. The Morgan fingerprint density at radius 2 is 1.79 bits per heavy atom. The van der Waals surface area contributed by atoms with Gasteiger partial charge in [-0.15, -0.1) is 0 Å². The largest absolute Gasteiger partial charge is 0.456 e. The van der Waals surface area contributed by atoms with Crippen molar-refractivity contribution in [2.75, 3.05) is 0 Å². The number of hydrogen-bond donors (Lipinski definition) is 0. The van der Waals surface area contributed by atoms with Gasteiger partial charge in [0, 0.05) is 5.56 Å². The van der Waals surface area contributed by atoms with Crippen molar-refractivity contribution in [1.82, 2.24) is 0 Å². The summed E-state index contributed by atoms with van der Waals surface area (Å²) in [5.74, 6) is 1.27. The zero-order chi connectivity index (χ0) is 14.0. The highest BCUT2D eigenvalue weighted by Gasteiger charge is 2.07. The maximum atomic E-state index is 11.2. The van der Waals surface area contributed by atoms with Crippen LogP contribution in [0.5, 0.6) is 11.5 Å². The van der Waals surface area contributed by atoms with Crippen LogP contribution in [-0.2, 0) is 0 Å². The molecule has 0 atom stereocenters. The number of carbonyl (C=O) groups excluding carboxylic acids is 1. The maximum absolute atomic E-state index is 11.2. The van der Waals surface area contributed by atoms with E-state index in [1.54, 1.807) is 18.2 Å². The van der Waals surface area contributed by atoms with E-state index in [1.807, 2.05) is 32.0 Å². The Hall–Kier alpha value is -1.80. The third-order valence-electron chi connectivity index (χ3n) is 3.04. The van der Waals surface area contributed by atoms with Crippen LogP contribution in [0.15, 0.2) is 36.4 Å². The van der Waals surface area contributed by atoms with Crippen molar-refractivity contribution in [3.05, 3.63) is 58.1 Å². The maximum Gasteiger partial charge on any atom is 0.159 e. The lowest BCUT2D eigenvalue weighted by atomic mass is 10.1. The van der Waals surface area contributed by atoms with Crippen LogP contribution in [-0.4, -0.2) is 5.78 Å². The monoisotopic (exact) mass is 274 g/mol. The van der Waals surface area contributed by atoms with Crippen LogP contribution >= 0.6 is 11.6 Å². The van der Waals surface area contributed by atoms with Gasteiger partial charge in [-0.25, -0.2) is 0 Å². The summed E-state index contributed by atoms with van der Waals surface area (Å²) in [7, 11) is 0. The van der Waals surface area contributed by atoms with Crippen molar-refractivity contribution in [3.8, 4) is 11.5 Å². The third-order valence-corrected chi connectivity index (χ3v) is 3.34. The SMILES string of the molecule is CC(=O)c1ccc(Oc2ccc(C)c(C)c2)c(Cl)c1. The van der Waals surface area contributed by atoms with E-state index in [1.165, 1.54) is 12.5 Å². The number of halogens is 1. The van der Waals surface area contributed by atoms with Gasteiger partial charge < -0.3 is 4.74 Å². The number of benzene rings is 2. The standard InChI is InChI=1S/C16H15ClO2/c1-10-4-6-14(8-11(10)2)19-16-7-5-13(12(3)18)9-15(16)17/h4-9H,1-3H3. The normalized spacial score (nSPS) is 10.3. The van der Waals surface area contributed by atoms with Crippen LogP contribution in [0.3, 0.4) is 0 Å². The van der Waals surface area contributed by atoms with Crippen molar-refractivity contribution >= 4 is 17.4 Å². The molecule has 0 fully saturated rings. The number of aryl methyl sites for hydroxylation is 2. The zero-order valence-corrected chi connectivity index (χ0v) is 11.9. The van der Waals surface area contributed by atoms with Crippen molar-refractivity contribution < 1.29 is 9.53 Å². The summed E-state index contributed by atoms with van der Waals surface area (Å²) in [4.78, 5) is 11.2. The summed E-state index contributed by atoms with van der Waals surface area (Å²) < 4.78 is 5.74. The van der Waals surface area contributed by atoms with Crippen molar-refractivity contribution in [1.29, 1.82) is 0 Å². The quantitative estimate of drug-likeness (QED) is 0.740. The summed E-state index contributed by atoms with van der Waals surface area (Å²) >= 11 is 6.12. The van der Waals surface area contributed by atoms with E-state index in [9.17, 15) is 4.79 Å². The highest BCUT2D eigenvalue weighted by atomic mass is 35.5. The number of carbonyl (C=O) groups is 1. The molecule has 0 N–H and O–H groups in total. The van der Waals surface area contributed by atoms with Gasteiger partial charge in [-0.3, -0.25) is 4.79 Å². The summed E-state index contributed by atoms with van der Waals surface area (Å²) in [5, 5.41) is 0.436. The average Bonchev–Trinajstić information content (AvgIpc) is 2.36. The first-order valence-electron chi connectivity index (χ1n) is 6.03. The van der Waals surface area contributed by atoms with Gasteiger partial charge >= 0.3 is 0 Å². The fraction of sp³-hybridized carbons (Fsp3) is 0.188. The van der Waals surface area contributed by atoms with E-state index in [4.69, 9.17) is 16.3 Å². The summed E-state index contributed by atoms with van der Waals surface area (Å²) in [6.45, 7) is 5.59. The molecule has 3 heteroatoms. The molecule has 0 saturated carbocycles. The van der Waals surface area contributed by atoms with Gasteiger partial charge in [-0.05, 0) is 62.2 Å². The average molecular weight is 275 g/mol. The highest BCUT2D eigenvalue weighted by Crippen LogP contribution is 2.31. The molecular weight excluding hydrogens is 260 g/mol. The van der Waals surface area contributed by atoms with Crippen LogP contribution in [0.25, 0.3) is 0 Å². The number of ether oxygens (including phenoxy) is 1. The number of hydrogen-bond acceptors (Lipinski definition) is 2. The van der Waals surface area contributed by atoms with Gasteiger partial charge in [0.2, 0.25) is 0 Å². The third kappa shape index (κ3) is 3.15. The molecule has 2 aromatic carbocycles. The van der Waals surface area contributed by atoms with Crippen LogP contribution < -0.4 is 4.74 Å². The van der Waals surface area contributed by atoms with Gasteiger partial charge in [-0.1, -0.05) is 17.7 Å². The van der Waals surface area contributed by atoms with E-state index in [2.05, 4.69) is 0 Å². The van der Waals surface area contributed by atoms with Crippen LogP contribution in [0.2, 0.25) is 5.02 Å². The Labute approximate surface area is 118 Å². The smallest absolute Gasteiger partial charge is 0.159 e. The fourth-order valence-corrected chi connectivity index (χ4v) is 1.93. The Morgan fingerprint density at radius 3 is 2.37 bits per heavy atom. The van der Waals surface area contributed by atoms with E-state index in [0.717, 1.165) is 11.3 Å². The van der Waals surface area contributed by atoms with E-state index in [0.29, 0.717) is 16.3 Å². The van der Waals surface area contributed by atoms with E-state index < -0.39 is 0 Å². The second-order valence-electron chi connectivity index (χ2n) is 4.55. The molecule has 2 rings (SSSR count). The predicted molar refractivity (Wildman–Crippen MR) is 77.4 cm³/mol. The molecule has 0 aliphatic heterocycles. The highest BCUT2D eigenvalue weighted by molar-refractivity contribution is 6.32.